The molecule has 0 radical (unpaired) electrons. The zero-order valence-corrected chi connectivity index (χ0v) is 20.3. The van der Waals surface area contributed by atoms with E-state index in [1.54, 1.807) is 30.3 Å². The quantitative estimate of drug-likeness (QED) is 0.398. The number of benzene rings is 3. The molecular formula is C29H29FN4O2. The Balaban J connectivity index is 1.17. The average Bonchev–Trinajstić information content (AvgIpc) is 3.29. The molecule has 1 aromatic heterocycles. The van der Waals surface area contributed by atoms with Gasteiger partial charge in [-0.05, 0) is 49.4 Å². The molecule has 1 amide bonds. The molecule has 1 aliphatic rings. The van der Waals surface area contributed by atoms with E-state index in [0.29, 0.717) is 17.0 Å². The molecule has 2 heterocycles. The van der Waals surface area contributed by atoms with Gasteiger partial charge in [0.2, 0.25) is 5.89 Å². The van der Waals surface area contributed by atoms with Gasteiger partial charge in [0.1, 0.15) is 11.6 Å². The van der Waals surface area contributed by atoms with Crippen molar-refractivity contribution in [2.45, 2.75) is 20.0 Å². The Morgan fingerprint density at radius 3 is 2.36 bits per heavy atom. The van der Waals surface area contributed by atoms with E-state index in [2.05, 4.69) is 39.4 Å². The molecular weight excluding hydrogens is 455 g/mol. The van der Waals surface area contributed by atoms with E-state index in [1.807, 2.05) is 25.1 Å². The topological polar surface area (TPSA) is 61.6 Å². The number of oxazole rings is 1. The summed E-state index contributed by atoms with van der Waals surface area (Å²) in [6.45, 7) is 6.71. The fraction of sp³-hybridized carbons (Fsp3) is 0.241. The summed E-state index contributed by atoms with van der Waals surface area (Å²) in [5.74, 6) is 0.760. The van der Waals surface area contributed by atoms with Gasteiger partial charge >= 0.3 is 0 Å². The zero-order valence-electron chi connectivity index (χ0n) is 20.3. The zero-order chi connectivity index (χ0) is 24.9. The lowest BCUT2D eigenvalue weighted by molar-refractivity contribution is 0.0950. The monoisotopic (exact) mass is 484 g/mol. The Morgan fingerprint density at radius 2 is 1.64 bits per heavy atom. The predicted molar refractivity (Wildman–Crippen MR) is 138 cm³/mol. The Kier molecular flexibility index (Phi) is 7.09. The first-order valence-corrected chi connectivity index (χ1v) is 12.2. The molecule has 4 aromatic rings. The van der Waals surface area contributed by atoms with E-state index in [-0.39, 0.29) is 18.3 Å². The van der Waals surface area contributed by atoms with Crippen LogP contribution in [0.5, 0.6) is 0 Å². The van der Waals surface area contributed by atoms with Gasteiger partial charge < -0.3 is 14.6 Å². The summed E-state index contributed by atoms with van der Waals surface area (Å²) in [5, 5.41) is 2.76. The number of nitrogens with one attached hydrogen (secondary N) is 1. The third-order valence-corrected chi connectivity index (χ3v) is 6.55. The van der Waals surface area contributed by atoms with Crippen molar-refractivity contribution in [3.8, 4) is 11.5 Å². The second-order valence-corrected chi connectivity index (χ2v) is 8.97. The number of nitrogens with zero attached hydrogens (tertiary/aromatic N) is 3. The fourth-order valence-corrected chi connectivity index (χ4v) is 4.40. The van der Waals surface area contributed by atoms with Gasteiger partial charge in [0.25, 0.3) is 5.91 Å². The summed E-state index contributed by atoms with van der Waals surface area (Å²) >= 11 is 0. The molecule has 3 aromatic carbocycles. The molecule has 1 fully saturated rings. The van der Waals surface area contributed by atoms with Crippen molar-refractivity contribution in [1.82, 2.24) is 15.2 Å². The van der Waals surface area contributed by atoms with Crippen LogP contribution < -0.4 is 10.2 Å². The second kappa shape index (κ2) is 10.7. The van der Waals surface area contributed by atoms with Gasteiger partial charge in [0, 0.05) is 61.6 Å². The van der Waals surface area contributed by atoms with Crippen LogP contribution in [0.3, 0.4) is 0 Å². The molecule has 184 valence electrons. The van der Waals surface area contributed by atoms with E-state index >= 15 is 0 Å². The van der Waals surface area contributed by atoms with Gasteiger partial charge in [0.05, 0.1) is 5.69 Å². The first-order chi connectivity index (χ1) is 17.6. The number of piperazine rings is 1. The predicted octanol–water partition coefficient (Wildman–Crippen LogP) is 5.04. The number of amides is 1. The van der Waals surface area contributed by atoms with E-state index in [1.165, 1.54) is 11.8 Å². The molecule has 36 heavy (non-hydrogen) atoms. The lowest BCUT2D eigenvalue weighted by atomic mass is 10.1. The van der Waals surface area contributed by atoms with Crippen molar-refractivity contribution < 1.29 is 13.6 Å². The Morgan fingerprint density at radius 1 is 0.944 bits per heavy atom. The first kappa shape index (κ1) is 23.8. The Labute approximate surface area is 210 Å². The highest BCUT2D eigenvalue weighted by atomic mass is 19.1. The van der Waals surface area contributed by atoms with Gasteiger partial charge in [-0.25, -0.2) is 9.37 Å². The minimum atomic E-state index is -0.332. The lowest BCUT2D eigenvalue weighted by Crippen LogP contribution is -2.46. The van der Waals surface area contributed by atoms with E-state index in [9.17, 15) is 9.18 Å². The molecule has 1 aliphatic heterocycles. The van der Waals surface area contributed by atoms with E-state index in [4.69, 9.17) is 9.40 Å². The molecule has 7 heteroatoms. The van der Waals surface area contributed by atoms with Gasteiger partial charge in [-0.1, -0.05) is 36.4 Å². The van der Waals surface area contributed by atoms with E-state index < -0.39 is 0 Å². The van der Waals surface area contributed by atoms with Crippen LogP contribution >= 0.6 is 0 Å². The number of halogens is 1. The maximum atomic E-state index is 13.8. The molecule has 5 rings (SSSR count). The summed E-state index contributed by atoms with van der Waals surface area (Å²) in [6.07, 6.45) is 0. The molecule has 0 aliphatic carbocycles. The minimum Gasteiger partial charge on any atom is -0.441 e. The number of anilines is 1. The van der Waals surface area contributed by atoms with Crippen LogP contribution in [0.1, 0.15) is 27.4 Å². The Hall–Kier alpha value is -3.97. The standard InChI is InChI=1S/C29H29FN4O2/c1-21-27(20-33-15-17-34(18-16-33)25-8-3-2-4-9-25)32-29(36-21)23-13-11-22(12-14-23)28(35)31-19-24-7-5-6-10-26(24)30/h2-14H,15-20H2,1H3,(H,31,35). The average molecular weight is 485 g/mol. The first-order valence-electron chi connectivity index (χ1n) is 12.2. The molecule has 0 bridgehead atoms. The van der Waals surface area contributed by atoms with Crippen molar-refractivity contribution in [3.63, 3.8) is 0 Å². The number of hydrogen-bond donors (Lipinski definition) is 1. The normalized spacial score (nSPS) is 14.1. The number of rotatable bonds is 7. The summed E-state index contributed by atoms with van der Waals surface area (Å²) in [6, 6.07) is 24.0. The molecule has 0 atom stereocenters. The molecule has 0 spiro atoms. The smallest absolute Gasteiger partial charge is 0.251 e. The van der Waals surface area contributed by atoms with Gasteiger partial charge in [0.15, 0.2) is 0 Å². The van der Waals surface area contributed by atoms with Crippen molar-refractivity contribution >= 4 is 11.6 Å². The molecule has 1 saturated heterocycles. The summed E-state index contributed by atoms with van der Waals surface area (Å²) in [4.78, 5) is 22.0. The maximum Gasteiger partial charge on any atom is 0.251 e. The molecule has 0 unspecified atom stereocenters. The second-order valence-electron chi connectivity index (χ2n) is 8.97. The minimum absolute atomic E-state index is 0.134. The van der Waals surface area contributed by atoms with Gasteiger partial charge in [-0.2, -0.15) is 0 Å². The number of para-hydroxylation sites is 1. The number of aryl methyl sites for hydroxylation is 1. The number of aromatic nitrogens is 1. The van der Waals surface area contributed by atoms with Crippen LogP contribution in [0.4, 0.5) is 10.1 Å². The van der Waals surface area contributed by atoms with Crippen molar-refractivity contribution in [2.75, 3.05) is 31.1 Å². The summed E-state index contributed by atoms with van der Waals surface area (Å²) in [7, 11) is 0. The van der Waals surface area contributed by atoms with Crippen LogP contribution in [0.25, 0.3) is 11.5 Å². The summed E-state index contributed by atoms with van der Waals surface area (Å²) < 4.78 is 19.7. The van der Waals surface area contributed by atoms with Crippen LogP contribution in [-0.2, 0) is 13.1 Å². The van der Waals surface area contributed by atoms with Crippen LogP contribution in [-0.4, -0.2) is 42.0 Å². The number of carbonyl (C=O) groups excluding carboxylic acids is 1. The lowest BCUT2D eigenvalue weighted by Gasteiger charge is -2.35. The summed E-state index contributed by atoms with van der Waals surface area (Å²) in [5.41, 5.74) is 3.96. The van der Waals surface area contributed by atoms with Crippen LogP contribution in [0.2, 0.25) is 0 Å². The van der Waals surface area contributed by atoms with Crippen LogP contribution in [0.15, 0.2) is 83.3 Å². The molecule has 0 saturated carbocycles. The largest absolute Gasteiger partial charge is 0.441 e. The van der Waals surface area contributed by atoms with Gasteiger partial charge in [-0.15, -0.1) is 0 Å². The highest BCUT2D eigenvalue weighted by Crippen LogP contribution is 2.24. The maximum absolute atomic E-state index is 13.8. The van der Waals surface area contributed by atoms with Crippen molar-refractivity contribution in [1.29, 1.82) is 0 Å². The third kappa shape index (κ3) is 5.47. The highest BCUT2D eigenvalue weighted by molar-refractivity contribution is 5.94. The molecule has 1 N–H and O–H groups in total. The van der Waals surface area contributed by atoms with Crippen molar-refractivity contribution in [3.05, 3.63) is 107 Å². The SMILES string of the molecule is Cc1oc(-c2ccc(C(=O)NCc3ccccc3F)cc2)nc1CN1CCN(c2ccccc2)CC1. The number of carbonyl (C=O) groups is 1. The Bertz CT molecular complexity index is 1310. The highest BCUT2D eigenvalue weighted by Gasteiger charge is 2.20. The van der Waals surface area contributed by atoms with Crippen LogP contribution in [0, 0.1) is 12.7 Å². The van der Waals surface area contributed by atoms with Gasteiger partial charge in [-0.3, -0.25) is 9.69 Å². The third-order valence-electron chi connectivity index (χ3n) is 6.55. The number of hydrogen-bond acceptors (Lipinski definition) is 5. The molecule has 6 nitrogen and oxygen atoms in total. The van der Waals surface area contributed by atoms with Crippen molar-refractivity contribution in [2.24, 2.45) is 0 Å². The van der Waals surface area contributed by atoms with E-state index in [0.717, 1.165) is 49.7 Å². The fourth-order valence-electron chi connectivity index (χ4n) is 4.40.